The highest BCUT2D eigenvalue weighted by Crippen LogP contribution is 2.29. The van der Waals surface area contributed by atoms with Gasteiger partial charge >= 0.3 is 18.1 Å². The Kier molecular flexibility index (Phi) is 85.2. The van der Waals surface area contributed by atoms with Gasteiger partial charge in [-0.2, -0.15) is 25.3 Å². The summed E-state index contributed by atoms with van der Waals surface area (Å²) >= 11 is 8.56. The van der Waals surface area contributed by atoms with Gasteiger partial charge in [0.05, 0.1) is 36.9 Å². The van der Waals surface area contributed by atoms with Gasteiger partial charge in [0.2, 0.25) is 0 Å². The number of nitrogens with two attached hydrogens (primary N) is 2. The zero-order chi connectivity index (χ0) is 70.6. The Hall–Kier alpha value is 3.42. The van der Waals surface area contributed by atoms with E-state index in [1.807, 2.05) is 39.5 Å². The van der Waals surface area contributed by atoms with Gasteiger partial charge < -0.3 is 72.0 Å². The summed E-state index contributed by atoms with van der Waals surface area (Å²) in [4.78, 5) is 32.9. The molecule has 32 heteroatoms. The van der Waals surface area contributed by atoms with E-state index in [4.69, 9.17) is 67.3 Å². The van der Waals surface area contributed by atoms with Crippen LogP contribution in [0.1, 0.15) is 128 Å². The lowest BCUT2D eigenvalue weighted by Gasteiger charge is -2.27. The fourth-order valence-corrected chi connectivity index (χ4v) is 15.3. The van der Waals surface area contributed by atoms with Gasteiger partial charge in [0.15, 0.2) is 5.60 Å². The van der Waals surface area contributed by atoms with Crippen LogP contribution in [0.2, 0.25) is 6.04 Å². The van der Waals surface area contributed by atoms with Crippen LogP contribution in [0, 0.1) is 33.0 Å². The molecule has 0 aromatic carbocycles. The Balaban J connectivity index is -0.000000111. The number of aliphatic hydroxyl groups is 8. The van der Waals surface area contributed by atoms with Gasteiger partial charge in [-0.15, -0.1) is 102 Å². The minimum Gasteiger partial charge on any atom is -0.481 e. The average Bonchev–Trinajstić information content (AvgIpc) is 4.23. The molecular weight excluding hydrogens is 1380 g/mol. The zero-order valence-electron chi connectivity index (χ0n) is 55.8. The van der Waals surface area contributed by atoms with Crippen LogP contribution in [0.25, 0.3) is 0 Å². The Morgan fingerprint density at radius 1 is 0.609 bits per heavy atom. The molecule has 1 rings (SSSR count). The summed E-state index contributed by atoms with van der Waals surface area (Å²) in [5, 5.41) is 87.5. The predicted molar refractivity (Wildman–Crippen MR) is 423 cm³/mol. The standard InChI is InChI=1S/C7H17OP.C6H17N2P.C6H13O3P.C6H16OP2.C6H15PS2.C5H9O3P.C5H15O2PSi.C5H13O2P.C5H11O2P.C4H12NOP/c1-3-7(4-2,5-8)6-9;1-2-6(3-7,4-8)5-9;1-2-6(3-7,4-10)5(8)9;2*1-2-6(3-7,4-8)5-9;1-5(3-9)2-7-4(6)8-5;1-2-9(3-6,4-7)5-8;1-2-5(7,3-6)4-8;1-2-4(3-8)5(6)7;1-2-5(3-6)4-7/h8H,3-6,9H2,1-2H3;2-5,7-9H2,1H3;7H,2-4,10H2,1H3,(H,8,9);7H,2-5,8-9H2,1H3;8-9H,2-5,7H2,1H3;2-3,9H2,1H3;6-7H,2-5,8H2,1H3;6-7H,2-4,8H2,1H3;4H,2-3,8H2,1H3,(H,6,7);6H,2-4,7H2,1H3. The molecule has 15 unspecified atom stereocenters. The van der Waals surface area contributed by atoms with Gasteiger partial charge in [0, 0.05) is 43.5 Å². The van der Waals surface area contributed by atoms with E-state index < -0.39 is 42.8 Å². The van der Waals surface area contributed by atoms with Gasteiger partial charge in [-0.1, -0.05) is 75.3 Å². The summed E-state index contributed by atoms with van der Waals surface area (Å²) in [7, 11) is 26.7. The third kappa shape index (κ3) is 51.3. The van der Waals surface area contributed by atoms with Crippen molar-refractivity contribution in [2.75, 3.05) is 151 Å². The maximum Gasteiger partial charge on any atom is 0.509 e. The van der Waals surface area contributed by atoms with Gasteiger partial charge in [-0.25, -0.2) is 4.79 Å². The molecule has 0 amide bonds. The molecule has 0 radical (unpaired) electrons. The quantitative estimate of drug-likeness (QED) is 0.00996. The molecule has 1 heterocycles. The first-order valence-corrected chi connectivity index (χ1v) is 43.2. The SMILES string of the molecule is CC1(CP)COC(=O)O1.CCC(CC)(CO)CP.CCC(CN)(CN)CP.CCC(CO)(CP)C(=O)O.CCC(CO)(CP)CP.CCC(CP)(CS)CS.CCC(CP)C(=O)O.CCC(O)(CO)CP.CCN(CO)CP.CC[Si](CO)(CO)CP. The van der Waals surface area contributed by atoms with Crippen LogP contribution < -0.4 is 11.5 Å². The molecule has 1 saturated heterocycles. The molecule has 1 aliphatic rings. The second kappa shape index (κ2) is 68.0. The maximum absolute atomic E-state index is 10.5. The monoisotopic (exact) mass is 1510 g/mol. The summed E-state index contributed by atoms with van der Waals surface area (Å²) in [5.41, 5.74) is 9.77. The van der Waals surface area contributed by atoms with Crippen molar-refractivity contribution in [3.8, 4) is 0 Å². The molecule has 0 spiro atoms. The van der Waals surface area contributed by atoms with Crippen molar-refractivity contribution in [3.63, 3.8) is 0 Å². The summed E-state index contributed by atoms with van der Waals surface area (Å²) in [6, 6.07) is 0.962. The first-order chi connectivity index (χ1) is 40.7. The summed E-state index contributed by atoms with van der Waals surface area (Å²) < 4.78 is 9.40. The number of carbonyl (C=O) groups is 3. The van der Waals surface area contributed by atoms with E-state index in [1.54, 1.807) is 6.92 Å². The van der Waals surface area contributed by atoms with Crippen LogP contribution in [0.4, 0.5) is 4.79 Å². The average molecular weight is 1510 g/mol. The number of rotatable bonds is 34. The molecule has 0 aromatic rings. The lowest BCUT2D eigenvalue weighted by molar-refractivity contribution is -0.150. The van der Waals surface area contributed by atoms with E-state index in [-0.39, 0.29) is 54.6 Å². The molecule has 0 bridgehead atoms. The minimum atomic E-state index is -1.62. The third-order valence-corrected chi connectivity index (χ3v) is 31.9. The molecule has 0 saturated carbocycles. The van der Waals surface area contributed by atoms with Gasteiger partial charge in [-0.3, -0.25) is 14.5 Å². The molecule has 14 N–H and O–H groups in total. The normalized spacial score (nSPS) is 15.3. The van der Waals surface area contributed by atoms with Crippen molar-refractivity contribution in [1.82, 2.24) is 4.90 Å². The number of carboxylic acid groups (broad SMARTS) is 2. The number of thiol groups is 2. The van der Waals surface area contributed by atoms with Crippen LogP contribution in [-0.4, -0.2) is 244 Å². The summed E-state index contributed by atoms with van der Waals surface area (Å²) in [6.07, 6.45) is 15.4. The van der Waals surface area contributed by atoms with E-state index in [1.165, 1.54) is 6.42 Å². The maximum atomic E-state index is 10.5. The van der Waals surface area contributed by atoms with Crippen LogP contribution in [0.3, 0.4) is 0 Å². The number of ether oxygens (including phenoxy) is 2. The molecule has 87 heavy (non-hydrogen) atoms. The molecule has 0 aromatic heterocycles. The Bertz CT molecular complexity index is 1290. The van der Waals surface area contributed by atoms with Crippen molar-refractivity contribution in [1.29, 1.82) is 0 Å². The van der Waals surface area contributed by atoms with E-state index in [9.17, 15) is 14.4 Å². The molecular formula is C55H138N3O15P11S2Si. The predicted octanol–water partition coefficient (Wildman–Crippen LogP) is 7.19. The van der Waals surface area contributed by atoms with Crippen LogP contribution >= 0.6 is 127 Å². The highest BCUT2D eigenvalue weighted by atomic mass is 32.1. The largest absolute Gasteiger partial charge is 0.509 e. The van der Waals surface area contributed by atoms with Gasteiger partial charge in [-0.05, 0) is 161 Å². The number of carbonyl (C=O) groups excluding carboxylic acids is 1. The number of nitrogens with zero attached hydrogens (tertiary/aromatic N) is 1. The van der Waals surface area contributed by atoms with Crippen LogP contribution in [0.15, 0.2) is 0 Å². The summed E-state index contributed by atoms with van der Waals surface area (Å²) in [6.45, 7) is 25.1. The second-order valence-electron chi connectivity index (χ2n) is 21.7. The van der Waals surface area contributed by atoms with E-state index in [0.29, 0.717) is 69.7 Å². The fourth-order valence-electron chi connectivity index (χ4n) is 5.47. The smallest absolute Gasteiger partial charge is 0.481 e. The van der Waals surface area contributed by atoms with Crippen molar-refractivity contribution in [2.24, 2.45) is 44.5 Å². The first-order valence-electron chi connectivity index (χ1n) is 30.1. The highest BCUT2D eigenvalue weighted by molar-refractivity contribution is 7.81. The lowest BCUT2D eigenvalue weighted by atomic mass is 9.86. The van der Waals surface area contributed by atoms with E-state index in [2.05, 4.69) is 166 Å². The van der Waals surface area contributed by atoms with Crippen molar-refractivity contribution in [3.05, 3.63) is 0 Å². The number of aliphatic hydroxyl groups excluding tert-OH is 7. The number of carboxylic acids is 2. The fraction of sp³-hybridized carbons (Fsp3) is 0.945. The van der Waals surface area contributed by atoms with Crippen molar-refractivity contribution in [2.45, 2.75) is 145 Å². The van der Waals surface area contributed by atoms with Crippen LogP contribution in [-0.2, 0) is 19.1 Å². The third-order valence-electron chi connectivity index (χ3n) is 16.4. The number of cyclic esters (lactones) is 2. The lowest BCUT2D eigenvalue weighted by Crippen LogP contribution is -2.45. The van der Waals surface area contributed by atoms with E-state index >= 15 is 0 Å². The van der Waals surface area contributed by atoms with Gasteiger partial charge in [0.25, 0.3) is 0 Å². The number of aliphatic carboxylic acids is 2. The first kappa shape index (κ1) is 109. The molecule has 1 fully saturated rings. The molecule has 1 aliphatic heterocycles. The number of hydrogen-bond donors (Lipinski definition) is 14. The molecule has 15 atom stereocenters. The van der Waals surface area contributed by atoms with Crippen molar-refractivity contribution >= 4 is 153 Å². The molecule has 0 aliphatic carbocycles. The topological polar surface area (TPSA) is 327 Å². The highest BCUT2D eigenvalue weighted by Gasteiger charge is 2.36. The molecule has 534 valence electrons. The summed E-state index contributed by atoms with van der Waals surface area (Å²) in [5.74, 6) is 0.999. The van der Waals surface area contributed by atoms with Crippen molar-refractivity contribution < 1.29 is 74.9 Å². The Morgan fingerprint density at radius 3 is 1.05 bits per heavy atom. The zero-order valence-corrected chi connectivity index (χ0v) is 71.3. The Labute approximate surface area is 569 Å². The minimum absolute atomic E-state index is 0.146. The van der Waals surface area contributed by atoms with Crippen LogP contribution in [0.5, 0.6) is 0 Å². The van der Waals surface area contributed by atoms with E-state index in [0.717, 1.165) is 105 Å². The van der Waals surface area contributed by atoms with Gasteiger partial charge in [0.1, 0.15) is 14.7 Å². The Morgan fingerprint density at radius 2 is 1.02 bits per heavy atom. The molecule has 18 nitrogen and oxygen atoms in total. The number of hydrogen-bond acceptors (Lipinski definition) is 18. The second-order valence-corrected chi connectivity index (χ2v) is 32.4.